The van der Waals surface area contributed by atoms with Crippen LogP contribution in [0.3, 0.4) is 0 Å². The van der Waals surface area contributed by atoms with Crippen molar-refractivity contribution < 1.29 is 23.8 Å². The number of carbonyl (C=O) groups excluding carboxylic acids is 2. The first-order chi connectivity index (χ1) is 12.9. The van der Waals surface area contributed by atoms with Gasteiger partial charge in [0.2, 0.25) is 0 Å². The van der Waals surface area contributed by atoms with Crippen molar-refractivity contribution in [3.8, 4) is 11.5 Å². The third kappa shape index (κ3) is 5.28. The van der Waals surface area contributed by atoms with E-state index in [1.807, 2.05) is 0 Å². The molecule has 2 rings (SSSR count). The summed E-state index contributed by atoms with van der Waals surface area (Å²) >= 11 is 12.2. The average Bonchev–Trinajstić information content (AvgIpc) is 2.64. The number of esters is 1. The molecule has 6 nitrogen and oxygen atoms in total. The maximum Gasteiger partial charge on any atom is 0.339 e. The van der Waals surface area contributed by atoms with E-state index >= 15 is 0 Å². The Morgan fingerprint density at radius 1 is 1.15 bits per heavy atom. The third-order valence-corrected chi connectivity index (χ3v) is 4.15. The van der Waals surface area contributed by atoms with Crippen LogP contribution in [0.2, 0.25) is 10.0 Å². The zero-order valence-electron chi connectivity index (χ0n) is 15.0. The molecule has 0 saturated carbocycles. The SMILES string of the molecule is CCOc1c(Cl)cc(C(=O)OC(C)C(=O)Nc2ccccc2Cl)cc1OC. The Morgan fingerprint density at radius 3 is 2.48 bits per heavy atom. The molecule has 0 bridgehead atoms. The summed E-state index contributed by atoms with van der Waals surface area (Å²) in [4.78, 5) is 24.6. The average molecular weight is 412 g/mol. The molecule has 0 aliphatic carbocycles. The number of ether oxygens (including phenoxy) is 3. The fourth-order valence-electron chi connectivity index (χ4n) is 2.20. The molecule has 0 aromatic heterocycles. The Hall–Kier alpha value is -2.44. The van der Waals surface area contributed by atoms with Crippen LogP contribution in [0.1, 0.15) is 24.2 Å². The summed E-state index contributed by atoms with van der Waals surface area (Å²) in [6, 6.07) is 9.60. The highest BCUT2D eigenvalue weighted by atomic mass is 35.5. The van der Waals surface area contributed by atoms with Crippen LogP contribution in [-0.2, 0) is 9.53 Å². The molecule has 1 atom stereocenters. The quantitative estimate of drug-likeness (QED) is 0.674. The van der Waals surface area contributed by atoms with Gasteiger partial charge in [-0.15, -0.1) is 0 Å². The van der Waals surface area contributed by atoms with Crippen LogP contribution in [-0.4, -0.2) is 31.7 Å². The van der Waals surface area contributed by atoms with Crippen LogP contribution >= 0.6 is 23.2 Å². The minimum atomic E-state index is -1.05. The van der Waals surface area contributed by atoms with Crippen molar-refractivity contribution >= 4 is 40.8 Å². The summed E-state index contributed by atoms with van der Waals surface area (Å²) in [7, 11) is 1.43. The van der Waals surface area contributed by atoms with Gasteiger partial charge >= 0.3 is 5.97 Å². The lowest BCUT2D eigenvalue weighted by molar-refractivity contribution is -0.123. The standard InChI is InChI=1S/C19H19Cl2NO5/c1-4-26-17-14(21)9-12(10-16(17)25-3)19(24)27-11(2)18(23)22-15-8-6-5-7-13(15)20/h5-11H,4H2,1-3H3,(H,22,23). The van der Waals surface area contributed by atoms with Crippen molar-refractivity contribution in [1.29, 1.82) is 0 Å². The van der Waals surface area contributed by atoms with Crippen molar-refractivity contribution in [3.05, 3.63) is 52.0 Å². The first kappa shape index (κ1) is 20.9. The molecule has 0 heterocycles. The van der Waals surface area contributed by atoms with Crippen molar-refractivity contribution in [1.82, 2.24) is 0 Å². The van der Waals surface area contributed by atoms with E-state index < -0.39 is 18.0 Å². The summed E-state index contributed by atoms with van der Waals surface area (Å²) < 4.78 is 15.8. The number of benzene rings is 2. The predicted octanol–water partition coefficient (Wildman–Crippen LogP) is 4.58. The first-order valence-electron chi connectivity index (χ1n) is 8.14. The van der Waals surface area contributed by atoms with Crippen molar-refractivity contribution in [2.45, 2.75) is 20.0 Å². The van der Waals surface area contributed by atoms with Crippen LogP contribution in [0.25, 0.3) is 0 Å². The van der Waals surface area contributed by atoms with Gasteiger partial charge in [-0.05, 0) is 38.1 Å². The minimum Gasteiger partial charge on any atom is -0.493 e. The molecular formula is C19H19Cl2NO5. The van der Waals surface area contributed by atoms with Crippen LogP contribution in [0, 0.1) is 0 Å². The van der Waals surface area contributed by atoms with Gasteiger partial charge in [0, 0.05) is 0 Å². The fraction of sp³-hybridized carbons (Fsp3) is 0.263. The Bertz CT molecular complexity index is 841. The summed E-state index contributed by atoms with van der Waals surface area (Å²) in [5.74, 6) is -0.604. The number of carbonyl (C=O) groups is 2. The van der Waals surface area contributed by atoms with Gasteiger partial charge in [-0.3, -0.25) is 4.79 Å². The van der Waals surface area contributed by atoms with E-state index in [0.29, 0.717) is 28.8 Å². The smallest absolute Gasteiger partial charge is 0.339 e. The molecule has 0 radical (unpaired) electrons. The van der Waals surface area contributed by atoms with E-state index in [4.69, 9.17) is 37.4 Å². The minimum absolute atomic E-state index is 0.137. The highest BCUT2D eigenvalue weighted by Crippen LogP contribution is 2.36. The third-order valence-electron chi connectivity index (χ3n) is 3.54. The predicted molar refractivity (Wildman–Crippen MR) is 104 cm³/mol. The summed E-state index contributed by atoms with van der Waals surface area (Å²) in [6.45, 7) is 3.65. The Morgan fingerprint density at radius 2 is 1.85 bits per heavy atom. The molecule has 27 heavy (non-hydrogen) atoms. The maximum atomic E-state index is 12.4. The number of hydrogen-bond donors (Lipinski definition) is 1. The molecule has 0 saturated heterocycles. The first-order valence-corrected chi connectivity index (χ1v) is 8.89. The van der Waals surface area contributed by atoms with Crippen molar-refractivity contribution in [2.24, 2.45) is 0 Å². The molecule has 1 N–H and O–H groups in total. The molecule has 0 aliphatic rings. The molecule has 2 aromatic carbocycles. The van der Waals surface area contributed by atoms with Gasteiger partial charge in [0.05, 0.1) is 35.0 Å². The number of para-hydroxylation sites is 1. The zero-order chi connectivity index (χ0) is 20.0. The van der Waals surface area contributed by atoms with Gasteiger partial charge < -0.3 is 19.5 Å². The molecule has 2 aromatic rings. The number of amides is 1. The van der Waals surface area contributed by atoms with E-state index in [-0.39, 0.29) is 10.6 Å². The molecule has 1 unspecified atom stereocenters. The molecule has 144 valence electrons. The summed E-state index contributed by atoms with van der Waals surface area (Å²) in [5, 5.41) is 3.19. The number of halogens is 2. The van der Waals surface area contributed by atoms with Crippen LogP contribution in [0.5, 0.6) is 11.5 Å². The lowest BCUT2D eigenvalue weighted by Gasteiger charge is -2.16. The molecule has 0 aliphatic heterocycles. The second kappa shape index (κ2) is 9.48. The Labute approximate surface area is 167 Å². The Kier molecular flexibility index (Phi) is 7.33. The van der Waals surface area contributed by atoms with E-state index in [0.717, 1.165) is 0 Å². The van der Waals surface area contributed by atoms with Crippen LogP contribution in [0.15, 0.2) is 36.4 Å². The highest BCUT2D eigenvalue weighted by Gasteiger charge is 2.22. The van der Waals surface area contributed by atoms with Gasteiger partial charge in [-0.25, -0.2) is 4.79 Å². The normalized spacial score (nSPS) is 11.4. The topological polar surface area (TPSA) is 73.9 Å². The van der Waals surface area contributed by atoms with Gasteiger partial charge in [0.25, 0.3) is 5.91 Å². The lowest BCUT2D eigenvalue weighted by Crippen LogP contribution is -2.30. The number of rotatable bonds is 7. The largest absolute Gasteiger partial charge is 0.493 e. The number of methoxy groups -OCH3 is 1. The van der Waals surface area contributed by atoms with E-state index in [1.165, 1.54) is 26.2 Å². The van der Waals surface area contributed by atoms with E-state index in [2.05, 4.69) is 5.32 Å². The summed E-state index contributed by atoms with van der Waals surface area (Å²) in [5.41, 5.74) is 0.565. The van der Waals surface area contributed by atoms with Gasteiger partial charge in [-0.1, -0.05) is 35.3 Å². The number of anilines is 1. The lowest BCUT2D eigenvalue weighted by atomic mass is 10.2. The van der Waals surface area contributed by atoms with Crippen molar-refractivity contribution in [3.63, 3.8) is 0 Å². The Balaban J connectivity index is 2.10. The fourth-order valence-corrected chi connectivity index (χ4v) is 2.65. The molecular weight excluding hydrogens is 393 g/mol. The molecule has 8 heteroatoms. The highest BCUT2D eigenvalue weighted by molar-refractivity contribution is 6.33. The monoisotopic (exact) mass is 411 g/mol. The van der Waals surface area contributed by atoms with Gasteiger partial charge in [0.1, 0.15) is 0 Å². The number of hydrogen-bond acceptors (Lipinski definition) is 5. The maximum absolute atomic E-state index is 12.4. The second-order valence-corrected chi connectivity index (χ2v) is 6.25. The van der Waals surface area contributed by atoms with Crippen molar-refractivity contribution in [2.75, 3.05) is 19.0 Å². The van der Waals surface area contributed by atoms with Gasteiger partial charge in [-0.2, -0.15) is 0 Å². The molecule has 0 fully saturated rings. The van der Waals surface area contributed by atoms with Gasteiger partial charge in [0.15, 0.2) is 17.6 Å². The molecule has 0 spiro atoms. The van der Waals surface area contributed by atoms with E-state index in [9.17, 15) is 9.59 Å². The van der Waals surface area contributed by atoms with Crippen LogP contribution in [0.4, 0.5) is 5.69 Å². The second-order valence-electron chi connectivity index (χ2n) is 5.44. The van der Waals surface area contributed by atoms with Crippen LogP contribution < -0.4 is 14.8 Å². The zero-order valence-corrected chi connectivity index (χ0v) is 16.6. The number of nitrogens with one attached hydrogen (secondary N) is 1. The van der Waals surface area contributed by atoms with E-state index in [1.54, 1.807) is 31.2 Å². The summed E-state index contributed by atoms with van der Waals surface area (Å²) in [6.07, 6.45) is -1.05. The molecule has 1 amide bonds.